The molecule has 0 amide bonds. The van der Waals surface area contributed by atoms with Gasteiger partial charge in [-0.2, -0.15) is 0 Å². The molecule has 3 aromatic carbocycles. The Hall–Kier alpha value is -3.20. The summed E-state index contributed by atoms with van der Waals surface area (Å²) in [6.45, 7) is 0. The molecule has 1 heterocycles. The van der Waals surface area contributed by atoms with Crippen LogP contribution in [0.25, 0.3) is 22.7 Å². The lowest BCUT2D eigenvalue weighted by molar-refractivity contribution is 0.589. The molecule has 0 aliphatic rings. The van der Waals surface area contributed by atoms with Gasteiger partial charge in [0.15, 0.2) is 5.58 Å². The molecule has 116 valence electrons. The van der Waals surface area contributed by atoms with Crippen molar-refractivity contribution in [3.05, 3.63) is 102 Å². The van der Waals surface area contributed by atoms with Gasteiger partial charge in [-0.25, -0.2) is 9.37 Å². The lowest BCUT2D eigenvalue weighted by atomic mass is 9.97. The third kappa shape index (κ3) is 2.84. The number of benzene rings is 3. The standard InChI is InChI=1S/C21H14FNO/c22-17-10-6-9-16(13-17)18(15-7-2-1-3-8-15)14-21-23-19-11-4-5-12-20(19)24-21/h1-14H/b18-14-. The Kier molecular flexibility index (Phi) is 3.67. The van der Waals surface area contributed by atoms with E-state index in [0.29, 0.717) is 5.89 Å². The molecule has 0 atom stereocenters. The molecule has 0 aliphatic carbocycles. The minimum Gasteiger partial charge on any atom is -0.437 e. The first-order chi connectivity index (χ1) is 11.8. The van der Waals surface area contributed by atoms with E-state index < -0.39 is 0 Å². The molecule has 24 heavy (non-hydrogen) atoms. The predicted molar refractivity (Wildman–Crippen MR) is 93.8 cm³/mol. The minimum atomic E-state index is -0.271. The summed E-state index contributed by atoms with van der Waals surface area (Å²) in [4.78, 5) is 4.49. The van der Waals surface area contributed by atoms with Crippen molar-refractivity contribution in [3.8, 4) is 0 Å². The molecule has 0 saturated carbocycles. The van der Waals surface area contributed by atoms with E-state index in [0.717, 1.165) is 27.8 Å². The second-order valence-electron chi connectivity index (χ2n) is 5.45. The van der Waals surface area contributed by atoms with E-state index in [1.807, 2.05) is 66.7 Å². The number of hydrogen-bond acceptors (Lipinski definition) is 2. The van der Waals surface area contributed by atoms with Gasteiger partial charge < -0.3 is 4.42 Å². The Morgan fingerprint density at radius 3 is 2.38 bits per heavy atom. The number of halogens is 1. The van der Waals surface area contributed by atoms with Crippen LogP contribution in [-0.4, -0.2) is 4.98 Å². The molecular formula is C21H14FNO. The molecule has 0 radical (unpaired) electrons. The Bertz CT molecular complexity index is 985. The molecule has 4 rings (SSSR count). The Balaban J connectivity index is 1.88. The van der Waals surface area contributed by atoms with Crippen molar-refractivity contribution < 1.29 is 8.81 Å². The van der Waals surface area contributed by atoms with Crippen molar-refractivity contribution in [2.24, 2.45) is 0 Å². The number of fused-ring (bicyclic) bond motifs is 1. The lowest BCUT2D eigenvalue weighted by Gasteiger charge is -2.08. The van der Waals surface area contributed by atoms with Crippen LogP contribution in [0.4, 0.5) is 4.39 Å². The molecule has 0 spiro atoms. The highest BCUT2D eigenvalue weighted by molar-refractivity contribution is 5.91. The molecule has 2 nitrogen and oxygen atoms in total. The molecule has 0 bridgehead atoms. The van der Waals surface area contributed by atoms with Crippen LogP contribution in [0.3, 0.4) is 0 Å². The lowest BCUT2D eigenvalue weighted by Crippen LogP contribution is -1.89. The van der Waals surface area contributed by atoms with Gasteiger partial charge in [-0.3, -0.25) is 0 Å². The summed E-state index contributed by atoms with van der Waals surface area (Å²) >= 11 is 0. The topological polar surface area (TPSA) is 26.0 Å². The summed E-state index contributed by atoms with van der Waals surface area (Å²) in [5.41, 5.74) is 4.15. The molecule has 0 fully saturated rings. The maximum absolute atomic E-state index is 13.7. The van der Waals surface area contributed by atoms with Gasteiger partial charge in [-0.15, -0.1) is 0 Å². The van der Waals surface area contributed by atoms with Crippen molar-refractivity contribution in [2.75, 3.05) is 0 Å². The van der Waals surface area contributed by atoms with E-state index >= 15 is 0 Å². The van der Waals surface area contributed by atoms with Crippen molar-refractivity contribution in [1.29, 1.82) is 0 Å². The minimum absolute atomic E-state index is 0.271. The van der Waals surface area contributed by atoms with Crippen molar-refractivity contribution in [2.45, 2.75) is 0 Å². The second kappa shape index (κ2) is 6.13. The van der Waals surface area contributed by atoms with E-state index in [1.54, 1.807) is 6.07 Å². The van der Waals surface area contributed by atoms with E-state index in [1.165, 1.54) is 12.1 Å². The fraction of sp³-hybridized carbons (Fsp3) is 0. The first kappa shape index (κ1) is 14.4. The summed E-state index contributed by atoms with van der Waals surface area (Å²) in [6.07, 6.45) is 1.85. The van der Waals surface area contributed by atoms with E-state index in [4.69, 9.17) is 4.42 Å². The average molecular weight is 315 g/mol. The molecule has 0 saturated heterocycles. The summed E-state index contributed by atoms with van der Waals surface area (Å²) in [7, 11) is 0. The molecule has 0 unspecified atom stereocenters. The van der Waals surface area contributed by atoms with Gasteiger partial charge in [-0.05, 0) is 41.0 Å². The van der Waals surface area contributed by atoms with Crippen LogP contribution in [0.2, 0.25) is 0 Å². The van der Waals surface area contributed by atoms with Crippen LogP contribution >= 0.6 is 0 Å². The Morgan fingerprint density at radius 1 is 0.833 bits per heavy atom. The monoisotopic (exact) mass is 315 g/mol. The van der Waals surface area contributed by atoms with E-state index in [2.05, 4.69) is 4.98 Å². The van der Waals surface area contributed by atoms with Gasteiger partial charge in [-0.1, -0.05) is 54.6 Å². The molecule has 0 N–H and O–H groups in total. The Morgan fingerprint density at radius 2 is 1.58 bits per heavy atom. The van der Waals surface area contributed by atoms with Gasteiger partial charge in [0.2, 0.25) is 5.89 Å². The van der Waals surface area contributed by atoms with Crippen LogP contribution in [0, 0.1) is 5.82 Å². The van der Waals surface area contributed by atoms with Crippen molar-refractivity contribution >= 4 is 22.7 Å². The molecule has 1 aromatic heterocycles. The zero-order valence-corrected chi connectivity index (χ0v) is 12.8. The van der Waals surface area contributed by atoms with Crippen LogP contribution in [0.5, 0.6) is 0 Å². The maximum Gasteiger partial charge on any atom is 0.220 e. The largest absolute Gasteiger partial charge is 0.437 e. The first-order valence-corrected chi connectivity index (χ1v) is 7.68. The maximum atomic E-state index is 13.7. The van der Waals surface area contributed by atoms with Gasteiger partial charge in [0.25, 0.3) is 0 Å². The SMILES string of the molecule is Fc1cccc(/C(=C\c2nc3ccccc3o2)c2ccccc2)c1. The van der Waals surface area contributed by atoms with E-state index in [-0.39, 0.29) is 5.82 Å². The van der Waals surface area contributed by atoms with Crippen LogP contribution in [0.15, 0.2) is 83.3 Å². The number of para-hydroxylation sites is 2. The zero-order valence-electron chi connectivity index (χ0n) is 12.8. The van der Waals surface area contributed by atoms with Gasteiger partial charge in [0.1, 0.15) is 11.3 Å². The normalized spacial score (nSPS) is 11.8. The Labute approximate surface area is 138 Å². The van der Waals surface area contributed by atoms with Crippen molar-refractivity contribution in [1.82, 2.24) is 4.98 Å². The summed E-state index contributed by atoms with van der Waals surface area (Å²) in [5.74, 6) is 0.228. The predicted octanol–water partition coefficient (Wildman–Crippen LogP) is 5.56. The van der Waals surface area contributed by atoms with Crippen LogP contribution < -0.4 is 0 Å². The fourth-order valence-corrected chi connectivity index (χ4v) is 2.68. The third-order valence-electron chi connectivity index (χ3n) is 3.80. The van der Waals surface area contributed by atoms with Crippen LogP contribution in [-0.2, 0) is 0 Å². The zero-order chi connectivity index (χ0) is 16.4. The highest BCUT2D eigenvalue weighted by Gasteiger charge is 2.09. The quantitative estimate of drug-likeness (QED) is 0.495. The van der Waals surface area contributed by atoms with E-state index in [9.17, 15) is 4.39 Å². The number of rotatable bonds is 3. The number of hydrogen-bond donors (Lipinski definition) is 0. The third-order valence-corrected chi connectivity index (χ3v) is 3.80. The van der Waals surface area contributed by atoms with Crippen LogP contribution in [0.1, 0.15) is 17.0 Å². The second-order valence-corrected chi connectivity index (χ2v) is 5.45. The molecular weight excluding hydrogens is 301 g/mol. The number of nitrogens with zero attached hydrogens (tertiary/aromatic N) is 1. The highest BCUT2D eigenvalue weighted by atomic mass is 19.1. The van der Waals surface area contributed by atoms with Gasteiger partial charge in [0.05, 0.1) is 0 Å². The summed E-state index contributed by atoms with van der Waals surface area (Å²) in [5, 5.41) is 0. The molecule has 0 aliphatic heterocycles. The van der Waals surface area contributed by atoms with Gasteiger partial charge in [0, 0.05) is 6.08 Å². The smallest absolute Gasteiger partial charge is 0.220 e. The van der Waals surface area contributed by atoms with Crippen molar-refractivity contribution in [3.63, 3.8) is 0 Å². The summed E-state index contributed by atoms with van der Waals surface area (Å²) in [6, 6.07) is 24.0. The van der Waals surface area contributed by atoms with Gasteiger partial charge >= 0.3 is 0 Å². The average Bonchev–Trinajstić information content (AvgIpc) is 3.03. The molecule has 4 aromatic rings. The molecule has 3 heteroatoms. The first-order valence-electron chi connectivity index (χ1n) is 7.68. The summed E-state index contributed by atoms with van der Waals surface area (Å²) < 4.78 is 19.5. The highest BCUT2D eigenvalue weighted by Crippen LogP contribution is 2.27. The fourth-order valence-electron chi connectivity index (χ4n) is 2.68. The number of oxazole rings is 1. The number of aromatic nitrogens is 1.